The van der Waals surface area contributed by atoms with Crippen LogP contribution in [-0.4, -0.2) is 11.9 Å². The third-order valence-electron chi connectivity index (χ3n) is 1.58. The third kappa shape index (κ3) is 3.40. The van der Waals surface area contributed by atoms with Crippen molar-refractivity contribution in [3.63, 3.8) is 0 Å². The molecule has 1 rings (SSSR count). The van der Waals surface area contributed by atoms with E-state index in [4.69, 9.17) is 27.9 Å². The minimum atomic E-state index is -0.473. The number of carbonyl (C=O) groups excluding carboxylic acids is 2. The number of carbonyl (C=O) groups is 2. The van der Waals surface area contributed by atoms with Crippen molar-refractivity contribution in [3.05, 3.63) is 22.2 Å². The Morgan fingerprint density at radius 1 is 1.19 bits per heavy atom. The van der Waals surface area contributed by atoms with E-state index in [1.807, 2.05) is 0 Å². The molecule has 6 heteroatoms. The number of hydrogen-bond donors (Lipinski definition) is 1. The monoisotopic (exact) mass is 261 g/mol. The lowest BCUT2D eigenvalue weighted by molar-refractivity contribution is -0.131. The van der Waals surface area contributed by atoms with Gasteiger partial charge in [0.2, 0.25) is 5.91 Å². The van der Waals surface area contributed by atoms with E-state index in [1.54, 1.807) is 0 Å². The Kier molecular flexibility index (Phi) is 4.15. The molecule has 0 spiro atoms. The lowest BCUT2D eigenvalue weighted by Gasteiger charge is -2.09. The summed E-state index contributed by atoms with van der Waals surface area (Å²) in [6.07, 6.45) is 0. The van der Waals surface area contributed by atoms with E-state index >= 15 is 0 Å². The summed E-state index contributed by atoms with van der Waals surface area (Å²) >= 11 is 11.7. The average molecular weight is 262 g/mol. The Hall–Kier alpha value is -1.26. The van der Waals surface area contributed by atoms with E-state index in [0.717, 1.165) is 0 Å². The van der Waals surface area contributed by atoms with Gasteiger partial charge in [-0.2, -0.15) is 0 Å². The number of halogens is 2. The van der Waals surface area contributed by atoms with E-state index in [0.29, 0.717) is 5.69 Å². The fourth-order valence-electron chi connectivity index (χ4n) is 1.07. The predicted octanol–water partition coefficient (Wildman–Crippen LogP) is 2.88. The first-order valence-electron chi connectivity index (χ1n) is 4.35. The zero-order chi connectivity index (χ0) is 12.3. The van der Waals surface area contributed by atoms with Crippen LogP contribution in [0.2, 0.25) is 10.0 Å². The number of hydrogen-bond acceptors (Lipinski definition) is 3. The van der Waals surface area contributed by atoms with Crippen LogP contribution in [-0.2, 0) is 9.59 Å². The topological polar surface area (TPSA) is 55.4 Å². The largest absolute Gasteiger partial charge is 0.427 e. The third-order valence-corrected chi connectivity index (χ3v) is 2.17. The van der Waals surface area contributed by atoms with Crippen molar-refractivity contribution in [3.8, 4) is 5.75 Å². The van der Waals surface area contributed by atoms with Gasteiger partial charge in [0.05, 0.1) is 15.7 Å². The summed E-state index contributed by atoms with van der Waals surface area (Å²) in [5.41, 5.74) is 0.298. The van der Waals surface area contributed by atoms with Gasteiger partial charge in [-0.05, 0) is 0 Å². The average Bonchev–Trinajstić information content (AvgIpc) is 2.10. The first-order valence-corrected chi connectivity index (χ1v) is 5.11. The zero-order valence-electron chi connectivity index (χ0n) is 8.64. The number of nitrogens with one attached hydrogen (secondary N) is 1. The first-order chi connectivity index (χ1) is 7.40. The van der Waals surface area contributed by atoms with E-state index in [1.165, 1.54) is 26.0 Å². The van der Waals surface area contributed by atoms with Gasteiger partial charge in [0.1, 0.15) is 5.75 Å². The first kappa shape index (κ1) is 12.8. The van der Waals surface area contributed by atoms with Crippen molar-refractivity contribution in [2.24, 2.45) is 0 Å². The number of esters is 1. The number of benzene rings is 1. The van der Waals surface area contributed by atoms with Crippen LogP contribution in [0.3, 0.4) is 0 Å². The molecule has 0 bridgehead atoms. The molecule has 4 nitrogen and oxygen atoms in total. The van der Waals surface area contributed by atoms with Gasteiger partial charge in [0, 0.05) is 26.0 Å². The van der Waals surface area contributed by atoms with Gasteiger partial charge in [-0.15, -0.1) is 0 Å². The molecule has 0 aromatic heterocycles. The number of ether oxygens (including phenoxy) is 1. The van der Waals surface area contributed by atoms with Crippen LogP contribution in [0.5, 0.6) is 5.75 Å². The highest BCUT2D eigenvalue weighted by Gasteiger charge is 2.11. The molecule has 0 unspecified atom stereocenters. The second-order valence-electron chi connectivity index (χ2n) is 3.04. The van der Waals surface area contributed by atoms with Crippen LogP contribution in [0.25, 0.3) is 0 Å². The van der Waals surface area contributed by atoms with E-state index in [2.05, 4.69) is 5.32 Å². The second kappa shape index (κ2) is 5.18. The maximum atomic E-state index is 10.9. The zero-order valence-corrected chi connectivity index (χ0v) is 10.1. The molecule has 1 aromatic rings. The summed E-state index contributed by atoms with van der Waals surface area (Å²) in [6, 6.07) is 2.81. The van der Waals surface area contributed by atoms with Crippen molar-refractivity contribution in [1.29, 1.82) is 0 Å². The van der Waals surface area contributed by atoms with E-state index < -0.39 is 5.97 Å². The van der Waals surface area contributed by atoms with Crippen LogP contribution in [0, 0.1) is 0 Å². The Labute approximate surface area is 102 Å². The lowest BCUT2D eigenvalue weighted by atomic mass is 10.3. The summed E-state index contributed by atoms with van der Waals surface area (Å²) in [5.74, 6) is -0.528. The fourth-order valence-corrected chi connectivity index (χ4v) is 1.63. The van der Waals surface area contributed by atoms with Crippen LogP contribution in [0.4, 0.5) is 5.69 Å². The molecule has 0 heterocycles. The van der Waals surface area contributed by atoms with Gasteiger partial charge in [-0.3, -0.25) is 9.59 Å². The van der Waals surface area contributed by atoms with E-state index in [9.17, 15) is 9.59 Å². The highest BCUT2D eigenvalue weighted by molar-refractivity contribution is 6.40. The highest BCUT2D eigenvalue weighted by atomic mass is 35.5. The molecular formula is C10H9Cl2NO3. The van der Waals surface area contributed by atoms with Crippen molar-refractivity contribution < 1.29 is 14.3 Å². The normalized spacial score (nSPS) is 9.75. The highest BCUT2D eigenvalue weighted by Crippen LogP contribution is 2.34. The van der Waals surface area contributed by atoms with Crippen molar-refractivity contribution in [2.45, 2.75) is 13.8 Å². The minimum Gasteiger partial charge on any atom is -0.427 e. The minimum absolute atomic E-state index is 0.207. The summed E-state index contributed by atoms with van der Waals surface area (Å²) in [4.78, 5) is 21.6. The van der Waals surface area contributed by atoms with Crippen molar-refractivity contribution >= 4 is 40.8 Å². The predicted molar refractivity (Wildman–Crippen MR) is 62.1 cm³/mol. The van der Waals surface area contributed by atoms with Gasteiger partial charge in [0.25, 0.3) is 0 Å². The molecular weight excluding hydrogens is 253 g/mol. The number of amides is 1. The number of rotatable bonds is 2. The molecule has 0 fully saturated rings. The van der Waals surface area contributed by atoms with Gasteiger partial charge in [-0.25, -0.2) is 0 Å². The molecule has 86 valence electrons. The Bertz CT molecular complexity index is 423. The van der Waals surface area contributed by atoms with Gasteiger partial charge < -0.3 is 10.1 Å². The van der Waals surface area contributed by atoms with Crippen molar-refractivity contribution in [1.82, 2.24) is 0 Å². The summed E-state index contributed by atoms with van der Waals surface area (Å²) in [7, 11) is 0. The molecule has 16 heavy (non-hydrogen) atoms. The van der Waals surface area contributed by atoms with Crippen molar-refractivity contribution in [2.75, 3.05) is 5.32 Å². The molecule has 0 aliphatic rings. The second-order valence-corrected chi connectivity index (χ2v) is 3.85. The molecule has 1 N–H and O–H groups in total. The van der Waals surface area contributed by atoms with Gasteiger partial charge in [-0.1, -0.05) is 23.2 Å². The quantitative estimate of drug-likeness (QED) is 0.658. The molecule has 0 aliphatic carbocycles. The summed E-state index contributed by atoms with van der Waals surface area (Å²) in [6.45, 7) is 2.61. The molecule has 0 radical (unpaired) electrons. The smallest absolute Gasteiger partial charge is 0.308 e. The van der Waals surface area contributed by atoms with Gasteiger partial charge >= 0.3 is 5.97 Å². The Balaban J connectivity index is 3.06. The molecule has 0 aliphatic heterocycles. The Morgan fingerprint density at radius 2 is 1.69 bits per heavy atom. The molecule has 0 saturated heterocycles. The van der Waals surface area contributed by atoms with Gasteiger partial charge in [0.15, 0.2) is 0 Å². The SMILES string of the molecule is CC(=O)Nc1c(Cl)cc(OC(C)=O)cc1Cl. The molecule has 1 amide bonds. The fraction of sp³-hybridized carbons (Fsp3) is 0.200. The molecule has 1 aromatic carbocycles. The standard InChI is InChI=1S/C10H9Cl2NO3/c1-5(14)13-10-8(11)3-7(4-9(10)12)16-6(2)15/h3-4H,1-2H3,(H,13,14). The van der Waals surface area contributed by atoms with E-state index in [-0.39, 0.29) is 21.7 Å². The van der Waals surface area contributed by atoms with Crippen LogP contribution in [0.1, 0.15) is 13.8 Å². The maximum absolute atomic E-state index is 10.9. The van der Waals surface area contributed by atoms with Crippen LogP contribution < -0.4 is 10.1 Å². The van der Waals surface area contributed by atoms with Crippen LogP contribution in [0.15, 0.2) is 12.1 Å². The molecule has 0 saturated carbocycles. The lowest BCUT2D eigenvalue weighted by Crippen LogP contribution is -2.07. The Morgan fingerprint density at radius 3 is 2.06 bits per heavy atom. The summed E-state index contributed by atoms with van der Waals surface area (Å²) in [5, 5.41) is 2.89. The maximum Gasteiger partial charge on any atom is 0.308 e. The number of anilines is 1. The molecule has 0 atom stereocenters. The summed E-state index contributed by atoms with van der Waals surface area (Å²) < 4.78 is 4.82. The van der Waals surface area contributed by atoms with Crippen LogP contribution >= 0.6 is 23.2 Å².